The van der Waals surface area contributed by atoms with E-state index in [9.17, 15) is 14.4 Å². The quantitative estimate of drug-likeness (QED) is 0.543. The van der Waals surface area contributed by atoms with Gasteiger partial charge in [-0.15, -0.1) is 0 Å². The van der Waals surface area contributed by atoms with Crippen LogP contribution in [0.3, 0.4) is 0 Å². The Balaban J connectivity index is 1.10. The Bertz CT molecular complexity index is 1430. The van der Waals surface area contributed by atoms with Crippen LogP contribution in [0.4, 0.5) is 0 Å². The highest BCUT2D eigenvalue weighted by molar-refractivity contribution is 6.05. The zero-order valence-electron chi connectivity index (χ0n) is 21.1. The van der Waals surface area contributed by atoms with E-state index in [0.717, 1.165) is 42.9 Å². The molecule has 3 aliphatic heterocycles. The number of fused-ring (bicyclic) bond motifs is 2. The molecule has 3 amide bonds. The first-order chi connectivity index (χ1) is 17.9. The van der Waals surface area contributed by atoms with Crippen molar-refractivity contribution < 1.29 is 19.1 Å². The highest BCUT2D eigenvalue weighted by Gasteiger charge is 2.39. The van der Waals surface area contributed by atoms with Gasteiger partial charge in [0.05, 0.1) is 5.52 Å². The highest BCUT2D eigenvalue weighted by Crippen LogP contribution is 2.31. The average Bonchev–Trinajstić information content (AvgIpc) is 3.44. The molecule has 1 aromatic heterocycles. The normalized spacial score (nSPS) is 22.0. The van der Waals surface area contributed by atoms with Gasteiger partial charge in [-0.3, -0.25) is 29.6 Å². The van der Waals surface area contributed by atoms with Gasteiger partial charge in [0.25, 0.3) is 5.91 Å². The fourth-order valence-electron chi connectivity index (χ4n) is 5.76. The van der Waals surface area contributed by atoms with E-state index in [-0.39, 0.29) is 24.3 Å². The molecule has 0 saturated carbocycles. The third-order valence-electron chi connectivity index (χ3n) is 7.80. The number of amides is 3. The molecule has 8 heteroatoms. The van der Waals surface area contributed by atoms with Gasteiger partial charge >= 0.3 is 0 Å². The summed E-state index contributed by atoms with van der Waals surface area (Å²) in [6.07, 6.45) is 3.53. The molecule has 8 nitrogen and oxygen atoms in total. The minimum absolute atomic E-state index is 0.0751. The predicted octanol–water partition coefficient (Wildman–Crippen LogP) is 3.27. The second-order valence-corrected chi connectivity index (χ2v) is 10.4. The summed E-state index contributed by atoms with van der Waals surface area (Å²) < 4.78 is 6.33. The summed E-state index contributed by atoms with van der Waals surface area (Å²) in [6.45, 7) is 7.26. The number of ether oxygens (including phenoxy) is 1. The monoisotopic (exact) mass is 498 g/mol. The second-order valence-electron chi connectivity index (χ2n) is 10.4. The lowest BCUT2D eigenvalue weighted by molar-refractivity contribution is -0.136. The maximum Gasteiger partial charge on any atom is 0.255 e. The van der Waals surface area contributed by atoms with Crippen molar-refractivity contribution in [2.75, 3.05) is 13.1 Å². The molecule has 2 fully saturated rings. The van der Waals surface area contributed by atoms with Crippen LogP contribution in [-0.4, -0.2) is 57.7 Å². The minimum Gasteiger partial charge on any atom is -0.489 e. The van der Waals surface area contributed by atoms with E-state index >= 15 is 0 Å². The third kappa shape index (κ3) is 4.46. The number of nitrogens with zero attached hydrogens (tertiary/aromatic N) is 3. The van der Waals surface area contributed by atoms with E-state index in [0.29, 0.717) is 18.5 Å². The largest absolute Gasteiger partial charge is 0.489 e. The number of carbonyl (C=O) groups excluding carboxylic acids is 3. The summed E-state index contributed by atoms with van der Waals surface area (Å²) in [5.41, 5.74) is 6.24. The zero-order chi connectivity index (χ0) is 25.7. The molecule has 190 valence electrons. The fourth-order valence-corrected chi connectivity index (χ4v) is 5.76. The number of carbonyl (C=O) groups is 3. The van der Waals surface area contributed by atoms with Crippen molar-refractivity contribution in [2.24, 2.45) is 0 Å². The standard InChI is InChI=1S/C29H30N4O4/c1-17-11-24-18(2)19(3-6-25(24)30-13-17)14-32-10-9-22(16-32)37-21-4-5-23-20(12-21)15-33(29(23)36)26-7-8-27(34)31-28(26)35/h3-6,11-13,22,26H,7-10,14-16H2,1-2H3,(H,31,34,35)/t22-,26?/m0/s1. The number of likely N-dealkylation sites (tertiary alicyclic amines) is 1. The molecule has 0 spiro atoms. The molecular formula is C29H30N4O4. The third-order valence-corrected chi connectivity index (χ3v) is 7.80. The van der Waals surface area contributed by atoms with Crippen LogP contribution >= 0.6 is 0 Å². The van der Waals surface area contributed by atoms with Crippen LogP contribution in [0.5, 0.6) is 5.75 Å². The number of aryl methyl sites for hydroxylation is 2. The van der Waals surface area contributed by atoms with Crippen LogP contribution in [0.1, 0.15) is 51.9 Å². The summed E-state index contributed by atoms with van der Waals surface area (Å²) in [6, 6.07) is 11.4. The Labute approximate surface area is 215 Å². The van der Waals surface area contributed by atoms with Gasteiger partial charge in [-0.05, 0) is 79.3 Å². The molecule has 1 N–H and O–H groups in total. The Morgan fingerprint density at radius 3 is 2.78 bits per heavy atom. The minimum atomic E-state index is -0.608. The summed E-state index contributed by atoms with van der Waals surface area (Å²) >= 11 is 0. The van der Waals surface area contributed by atoms with Crippen molar-refractivity contribution in [3.8, 4) is 5.75 Å². The number of pyridine rings is 1. The van der Waals surface area contributed by atoms with E-state index in [2.05, 4.69) is 47.2 Å². The molecule has 6 rings (SSSR count). The fraction of sp³-hybridized carbons (Fsp3) is 0.379. The molecule has 0 aliphatic carbocycles. The number of aromatic nitrogens is 1. The first-order valence-corrected chi connectivity index (χ1v) is 12.9. The molecule has 3 aromatic rings. The van der Waals surface area contributed by atoms with Gasteiger partial charge in [0.15, 0.2) is 0 Å². The number of hydrogen-bond donors (Lipinski definition) is 1. The summed E-state index contributed by atoms with van der Waals surface area (Å²) in [5.74, 6) is -0.103. The number of nitrogens with one attached hydrogen (secondary N) is 1. The summed E-state index contributed by atoms with van der Waals surface area (Å²) in [4.78, 5) is 45.2. The molecule has 2 saturated heterocycles. The first-order valence-electron chi connectivity index (χ1n) is 12.9. The van der Waals surface area contributed by atoms with Gasteiger partial charge in [0.2, 0.25) is 11.8 Å². The van der Waals surface area contributed by atoms with Gasteiger partial charge in [-0.2, -0.15) is 0 Å². The maximum atomic E-state index is 12.9. The molecule has 3 aliphatic rings. The van der Waals surface area contributed by atoms with Crippen LogP contribution < -0.4 is 10.1 Å². The molecule has 4 heterocycles. The number of imide groups is 1. The predicted molar refractivity (Wildman–Crippen MR) is 138 cm³/mol. The van der Waals surface area contributed by atoms with Gasteiger partial charge in [0.1, 0.15) is 17.9 Å². The first kappa shape index (κ1) is 23.6. The Morgan fingerprint density at radius 2 is 1.95 bits per heavy atom. The number of rotatable bonds is 5. The van der Waals surface area contributed by atoms with Crippen molar-refractivity contribution >= 4 is 28.6 Å². The lowest BCUT2D eigenvalue weighted by Gasteiger charge is -2.29. The molecular weight excluding hydrogens is 468 g/mol. The summed E-state index contributed by atoms with van der Waals surface area (Å²) in [5, 5.41) is 3.56. The number of benzene rings is 2. The van der Waals surface area contributed by atoms with Crippen LogP contribution in [-0.2, 0) is 22.7 Å². The van der Waals surface area contributed by atoms with Gasteiger partial charge in [-0.25, -0.2) is 0 Å². The van der Waals surface area contributed by atoms with Crippen molar-refractivity contribution in [3.05, 3.63) is 70.4 Å². The van der Waals surface area contributed by atoms with E-state index in [1.807, 2.05) is 18.3 Å². The highest BCUT2D eigenvalue weighted by atomic mass is 16.5. The Kier molecular flexibility index (Phi) is 5.91. The van der Waals surface area contributed by atoms with E-state index < -0.39 is 11.9 Å². The number of hydrogen-bond acceptors (Lipinski definition) is 6. The average molecular weight is 499 g/mol. The van der Waals surface area contributed by atoms with Crippen molar-refractivity contribution in [1.29, 1.82) is 0 Å². The van der Waals surface area contributed by atoms with Gasteiger partial charge < -0.3 is 9.64 Å². The summed E-state index contributed by atoms with van der Waals surface area (Å²) in [7, 11) is 0. The molecule has 2 aromatic carbocycles. The van der Waals surface area contributed by atoms with Crippen LogP contribution in [0, 0.1) is 13.8 Å². The zero-order valence-corrected chi connectivity index (χ0v) is 21.1. The van der Waals surface area contributed by atoms with E-state index in [1.165, 1.54) is 22.1 Å². The second kappa shape index (κ2) is 9.27. The SMILES string of the molecule is Cc1cnc2ccc(CN3CC[C@H](Oc4ccc5c(c4)CN(C4CCC(=O)NC4=O)C5=O)C3)c(C)c2c1. The van der Waals surface area contributed by atoms with Gasteiger partial charge in [0, 0.05) is 49.7 Å². The van der Waals surface area contributed by atoms with E-state index in [1.54, 1.807) is 11.0 Å². The molecule has 0 bridgehead atoms. The Morgan fingerprint density at radius 1 is 1.08 bits per heavy atom. The van der Waals surface area contributed by atoms with Crippen molar-refractivity contribution in [3.63, 3.8) is 0 Å². The molecule has 2 atom stereocenters. The van der Waals surface area contributed by atoms with Gasteiger partial charge in [-0.1, -0.05) is 6.07 Å². The van der Waals surface area contributed by atoms with Crippen molar-refractivity contribution in [2.45, 2.75) is 58.3 Å². The maximum absolute atomic E-state index is 12.9. The smallest absolute Gasteiger partial charge is 0.255 e. The topological polar surface area (TPSA) is 91.8 Å². The number of piperidine rings is 1. The van der Waals surface area contributed by atoms with Crippen molar-refractivity contribution in [1.82, 2.24) is 20.1 Å². The van der Waals surface area contributed by atoms with Crippen LogP contribution in [0.2, 0.25) is 0 Å². The van der Waals surface area contributed by atoms with Crippen LogP contribution in [0.25, 0.3) is 10.9 Å². The molecule has 1 unspecified atom stereocenters. The lowest BCUT2D eigenvalue weighted by atomic mass is 10.0. The molecule has 37 heavy (non-hydrogen) atoms. The molecule has 0 radical (unpaired) electrons. The Hall–Kier alpha value is -3.78. The lowest BCUT2D eigenvalue weighted by Crippen LogP contribution is -2.52. The van der Waals surface area contributed by atoms with E-state index in [4.69, 9.17) is 4.74 Å². The van der Waals surface area contributed by atoms with Crippen LogP contribution in [0.15, 0.2) is 42.6 Å².